The summed E-state index contributed by atoms with van der Waals surface area (Å²) in [5.74, 6) is 0.296. The largest absolute Gasteiger partial charge is 0.373 e. The summed E-state index contributed by atoms with van der Waals surface area (Å²) in [6, 6.07) is 15.0. The summed E-state index contributed by atoms with van der Waals surface area (Å²) in [6.45, 7) is 6.57. The fourth-order valence-corrected chi connectivity index (χ4v) is 5.70. The number of benzene rings is 2. The minimum atomic E-state index is -0.0303. The van der Waals surface area contributed by atoms with Crippen LogP contribution >= 0.6 is 11.3 Å². The summed E-state index contributed by atoms with van der Waals surface area (Å²) in [4.78, 5) is 14.6. The Hall–Kier alpha value is -2.39. The van der Waals surface area contributed by atoms with Crippen molar-refractivity contribution in [1.29, 1.82) is 0 Å². The summed E-state index contributed by atoms with van der Waals surface area (Å²) >= 11 is 1.74. The van der Waals surface area contributed by atoms with Crippen LogP contribution in [0.15, 0.2) is 53.4 Å². The normalized spacial score (nSPS) is 21.0. The monoisotopic (exact) mass is 373 g/mol. The second-order valence-electron chi connectivity index (χ2n) is 8.59. The van der Waals surface area contributed by atoms with Crippen LogP contribution in [0.2, 0.25) is 0 Å². The number of nitrogens with one attached hydrogen (secondary N) is 1. The Labute approximate surface area is 163 Å². The molecule has 0 saturated carbocycles. The minimum absolute atomic E-state index is 0.00346. The molecular weight excluding hydrogens is 350 g/mol. The SMILES string of the molecule is Cc1ccsc1C1Nc2ccc3ccccc3c2C2=C1C(=O)CC(C)(C)C2. The van der Waals surface area contributed by atoms with Crippen molar-refractivity contribution in [3.05, 3.63) is 69.4 Å². The van der Waals surface area contributed by atoms with Gasteiger partial charge in [-0.25, -0.2) is 0 Å². The molecule has 1 aromatic heterocycles. The van der Waals surface area contributed by atoms with E-state index in [1.54, 1.807) is 11.3 Å². The molecule has 1 atom stereocenters. The zero-order chi connectivity index (χ0) is 18.8. The molecular formula is C24H23NOS. The molecule has 2 heterocycles. The van der Waals surface area contributed by atoms with Crippen LogP contribution in [-0.4, -0.2) is 5.78 Å². The smallest absolute Gasteiger partial charge is 0.162 e. The number of hydrogen-bond donors (Lipinski definition) is 1. The molecule has 27 heavy (non-hydrogen) atoms. The average molecular weight is 374 g/mol. The van der Waals surface area contributed by atoms with E-state index in [2.05, 4.69) is 73.9 Å². The Balaban J connectivity index is 1.83. The van der Waals surface area contributed by atoms with Crippen LogP contribution in [0.1, 0.15) is 48.7 Å². The second kappa shape index (κ2) is 5.80. The molecule has 0 saturated heterocycles. The number of hydrogen-bond acceptors (Lipinski definition) is 3. The summed E-state index contributed by atoms with van der Waals surface area (Å²) in [5.41, 5.74) is 5.87. The van der Waals surface area contributed by atoms with Crippen LogP contribution in [0.25, 0.3) is 16.3 Å². The molecule has 0 spiro atoms. The number of ketones is 1. The quantitative estimate of drug-likeness (QED) is 0.526. The maximum absolute atomic E-state index is 13.3. The number of allylic oxidation sites excluding steroid dienone is 1. The van der Waals surface area contributed by atoms with Gasteiger partial charge in [0.15, 0.2) is 5.78 Å². The van der Waals surface area contributed by atoms with E-state index in [1.165, 1.54) is 32.3 Å². The van der Waals surface area contributed by atoms with E-state index in [0.29, 0.717) is 12.2 Å². The van der Waals surface area contributed by atoms with E-state index in [0.717, 1.165) is 17.7 Å². The predicted octanol–water partition coefficient (Wildman–Crippen LogP) is 6.52. The third-order valence-corrected chi connectivity index (χ3v) is 6.99. The van der Waals surface area contributed by atoms with Crippen LogP contribution < -0.4 is 5.32 Å². The van der Waals surface area contributed by atoms with E-state index in [9.17, 15) is 4.79 Å². The first kappa shape index (κ1) is 16.8. The predicted molar refractivity (Wildman–Crippen MR) is 114 cm³/mol. The van der Waals surface area contributed by atoms with Crippen molar-refractivity contribution in [3.63, 3.8) is 0 Å². The number of carbonyl (C=O) groups is 1. The van der Waals surface area contributed by atoms with Crippen molar-refractivity contribution >= 4 is 39.2 Å². The third-order valence-electron chi connectivity index (χ3n) is 5.90. The van der Waals surface area contributed by atoms with E-state index in [4.69, 9.17) is 0 Å². The topological polar surface area (TPSA) is 29.1 Å². The van der Waals surface area contributed by atoms with Crippen LogP contribution in [0, 0.1) is 12.3 Å². The first-order valence-corrected chi connectivity index (χ1v) is 10.4. The lowest BCUT2D eigenvalue weighted by molar-refractivity contribution is -0.118. The fourth-order valence-electron chi connectivity index (χ4n) is 4.71. The van der Waals surface area contributed by atoms with Gasteiger partial charge < -0.3 is 5.32 Å². The Morgan fingerprint density at radius 1 is 1.07 bits per heavy atom. The highest BCUT2D eigenvalue weighted by Gasteiger charge is 2.41. The number of fused-ring (bicyclic) bond motifs is 4. The molecule has 136 valence electrons. The zero-order valence-electron chi connectivity index (χ0n) is 15.9. The van der Waals surface area contributed by atoms with E-state index in [1.807, 2.05) is 0 Å². The number of Topliss-reactive ketones (excluding diaryl/α,β-unsaturated/α-hetero) is 1. The first-order valence-electron chi connectivity index (χ1n) is 9.53. The molecule has 1 aliphatic carbocycles. The number of carbonyl (C=O) groups excluding carboxylic acids is 1. The lowest BCUT2D eigenvalue weighted by Gasteiger charge is -2.40. The average Bonchev–Trinajstić information content (AvgIpc) is 3.05. The van der Waals surface area contributed by atoms with Gasteiger partial charge in [0.05, 0.1) is 6.04 Å². The second-order valence-corrected chi connectivity index (χ2v) is 9.54. The molecule has 0 fully saturated rings. The van der Waals surface area contributed by atoms with Gasteiger partial charge in [-0.05, 0) is 58.2 Å². The van der Waals surface area contributed by atoms with Gasteiger partial charge in [0, 0.05) is 28.1 Å². The lowest BCUT2D eigenvalue weighted by atomic mass is 9.68. The fraction of sp³-hybridized carbons (Fsp3) is 0.292. The summed E-state index contributed by atoms with van der Waals surface area (Å²) in [7, 11) is 0. The van der Waals surface area contributed by atoms with Crippen LogP contribution in [0.3, 0.4) is 0 Å². The zero-order valence-corrected chi connectivity index (χ0v) is 16.7. The van der Waals surface area contributed by atoms with Crippen molar-refractivity contribution in [3.8, 4) is 0 Å². The van der Waals surface area contributed by atoms with Crippen molar-refractivity contribution < 1.29 is 4.79 Å². The van der Waals surface area contributed by atoms with E-state index < -0.39 is 0 Å². The number of anilines is 1. The van der Waals surface area contributed by atoms with Crippen molar-refractivity contribution in [1.82, 2.24) is 0 Å². The Morgan fingerprint density at radius 3 is 2.67 bits per heavy atom. The van der Waals surface area contributed by atoms with Crippen LogP contribution in [0.5, 0.6) is 0 Å². The van der Waals surface area contributed by atoms with Crippen molar-refractivity contribution in [2.75, 3.05) is 5.32 Å². The van der Waals surface area contributed by atoms with Crippen LogP contribution in [-0.2, 0) is 4.79 Å². The summed E-state index contributed by atoms with van der Waals surface area (Å²) < 4.78 is 0. The Kier molecular flexibility index (Phi) is 3.60. The van der Waals surface area contributed by atoms with Crippen LogP contribution in [0.4, 0.5) is 5.69 Å². The standard InChI is InChI=1S/C24H23NOS/c1-14-10-11-27-23(14)22-21-17(12-24(2,3)13-19(21)26)20-16-7-5-4-6-15(16)8-9-18(20)25-22/h4-11,22,25H,12-13H2,1-3H3. The number of thiophene rings is 1. The van der Waals surface area contributed by atoms with Gasteiger partial charge in [0.1, 0.15) is 0 Å². The van der Waals surface area contributed by atoms with Gasteiger partial charge in [0.2, 0.25) is 0 Å². The van der Waals surface area contributed by atoms with Gasteiger partial charge >= 0.3 is 0 Å². The Bertz CT molecular complexity index is 1120. The van der Waals surface area contributed by atoms with E-state index >= 15 is 0 Å². The number of rotatable bonds is 1. The maximum Gasteiger partial charge on any atom is 0.162 e. The van der Waals surface area contributed by atoms with E-state index in [-0.39, 0.29) is 11.5 Å². The molecule has 1 unspecified atom stereocenters. The molecule has 2 nitrogen and oxygen atoms in total. The minimum Gasteiger partial charge on any atom is -0.373 e. The van der Waals surface area contributed by atoms with Gasteiger partial charge in [-0.3, -0.25) is 4.79 Å². The van der Waals surface area contributed by atoms with Crippen molar-refractivity contribution in [2.24, 2.45) is 5.41 Å². The highest BCUT2D eigenvalue weighted by atomic mass is 32.1. The summed E-state index contributed by atoms with van der Waals surface area (Å²) in [5, 5.41) is 8.31. The molecule has 5 rings (SSSR count). The molecule has 3 aromatic rings. The third kappa shape index (κ3) is 2.56. The maximum atomic E-state index is 13.3. The molecule has 1 aliphatic heterocycles. The van der Waals surface area contributed by atoms with Crippen molar-refractivity contribution in [2.45, 2.75) is 39.7 Å². The molecule has 0 radical (unpaired) electrons. The molecule has 2 aromatic carbocycles. The number of aryl methyl sites for hydroxylation is 1. The molecule has 1 N–H and O–H groups in total. The highest BCUT2D eigenvalue weighted by Crippen LogP contribution is 2.52. The van der Waals surface area contributed by atoms with Gasteiger partial charge in [-0.15, -0.1) is 11.3 Å². The summed E-state index contributed by atoms with van der Waals surface area (Å²) in [6.07, 6.45) is 1.56. The molecule has 0 bridgehead atoms. The molecule has 0 amide bonds. The Morgan fingerprint density at radius 2 is 1.89 bits per heavy atom. The molecule has 2 aliphatic rings. The van der Waals surface area contributed by atoms with Gasteiger partial charge in [-0.1, -0.05) is 44.2 Å². The lowest BCUT2D eigenvalue weighted by Crippen LogP contribution is -2.33. The van der Waals surface area contributed by atoms with Gasteiger partial charge in [0.25, 0.3) is 0 Å². The first-order chi connectivity index (χ1) is 12.9. The highest BCUT2D eigenvalue weighted by molar-refractivity contribution is 7.10. The van der Waals surface area contributed by atoms with Gasteiger partial charge in [-0.2, -0.15) is 0 Å². The molecule has 3 heteroatoms.